The van der Waals surface area contributed by atoms with Crippen molar-refractivity contribution in [2.24, 2.45) is 0 Å². The summed E-state index contributed by atoms with van der Waals surface area (Å²) in [4.78, 5) is 7.66. The fraction of sp³-hybridized carbons (Fsp3) is 0. The van der Waals surface area contributed by atoms with E-state index in [1.54, 1.807) is 18.2 Å². The quantitative estimate of drug-likeness (QED) is 0.764. The number of benzene rings is 1. The first-order valence-corrected chi connectivity index (χ1v) is 4.85. The largest absolute Gasteiger partial charge is 0.233 e. The Morgan fingerprint density at radius 1 is 1.00 bits per heavy atom. The number of halogens is 3. The molecular weight excluding hydrogens is 238 g/mol. The SMILES string of the molecule is Fc1cnc(-c2ccc(Cl)c(Cl)c2)nc1. The van der Waals surface area contributed by atoms with Gasteiger partial charge in [0.15, 0.2) is 11.6 Å². The molecule has 0 aliphatic heterocycles. The van der Waals surface area contributed by atoms with E-state index < -0.39 is 5.82 Å². The number of hydrogen-bond donors (Lipinski definition) is 0. The van der Waals surface area contributed by atoms with E-state index in [2.05, 4.69) is 9.97 Å². The predicted octanol–water partition coefficient (Wildman–Crippen LogP) is 3.59. The average molecular weight is 243 g/mol. The van der Waals surface area contributed by atoms with Gasteiger partial charge in [-0.2, -0.15) is 0 Å². The molecule has 0 saturated carbocycles. The molecule has 1 aromatic carbocycles. The van der Waals surface area contributed by atoms with Crippen molar-refractivity contribution >= 4 is 23.2 Å². The summed E-state index contributed by atoms with van der Waals surface area (Å²) in [5.74, 6) is -0.0613. The molecule has 2 rings (SSSR count). The van der Waals surface area contributed by atoms with Gasteiger partial charge in [-0.25, -0.2) is 14.4 Å². The third-order valence-corrected chi connectivity index (χ3v) is 2.54. The van der Waals surface area contributed by atoms with Crippen LogP contribution in [-0.2, 0) is 0 Å². The minimum absolute atomic E-state index is 0.412. The number of nitrogens with zero attached hydrogens (tertiary/aromatic N) is 2. The van der Waals surface area contributed by atoms with Crippen LogP contribution >= 0.6 is 23.2 Å². The first-order valence-electron chi connectivity index (χ1n) is 4.10. The first kappa shape index (κ1) is 10.3. The third-order valence-electron chi connectivity index (χ3n) is 1.80. The summed E-state index contributed by atoms with van der Waals surface area (Å²) in [7, 11) is 0. The van der Waals surface area contributed by atoms with Crippen LogP contribution in [0.5, 0.6) is 0 Å². The van der Waals surface area contributed by atoms with Crippen molar-refractivity contribution in [1.29, 1.82) is 0 Å². The molecule has 1 aromatic heterocycles. The molecule has 0 fully saturated rings. The summed E-state index contributed by atoms with van der Waals surface area (Å²) in [6.07, 6.45) is 2.20. The second-order valence-electron chi connectivity index (χ2n) is 2.85. The van der Waals surface area contributed by atoms with Gasteiger partial charge in [0.2, 0.25) is 0 Å². The van der Waals surface area contributed by atoms with Crippen molar-refractivity contribution < 1.29 is 4.39 Å². The molecule has 0 spiro atoms. The molecule has 1 heterocycles. The summed E-state index contributed by atoms with van der Waals surface area (Å²) in [5.41, 5.74) is 0.699. The Hall–Kier alpha value is -1.19. The Labute approximate surface area is 95.7 Å². The van der Waals surface area contributed by atoms with Crippen LogP contribution in [0.1, 0.15) is 0 Å². The van der Waals surface area contributed by atoms with Crippen molar-refractivity contribution in [2.45, 2.75) is 0 Å². The molecule has 76 valence electrons. The van der Waals surface area contributed by atoms with Crippen LogP contribution in [0.3, 0.4) is 0 Å². The molecule has 0 saturated heterocycles. The highest BCUT2D eigenvalue weighted by Crippen LogP contribution is 2.26. The minimum atomic E-state index is -0.473. The maximum atomic E-state index is 12.6. The van der Waals surface area contributed by atoms with E-state index >= 15 is 0 Å². The van der Waals surface area contributed by atoms with E-state index in [1.165, 1.54) is 0 Å². The van der Waals surface area contributed by atoms with Crippen molar-refractivity contribution in [1.82, 2.24) is 9.97 Å². The predicted molar refractivity (Wildman–Crippen MR) is 57.4 cm³/mol. The van der Waals surface area contributed by atoms with E-state index in [9.17, 15) is 4.39 Å². The highest BCUT2D eigenvalue weighted by atomic mass is 35.5. The molecule has 2 aromatic rings. The van der Waals surface area contributed by atoms with Gasteiger partial charge in [0.25, 0.3) is 0 Å². The Morgan fingerprint density at radius 2 is 1.67 bits per heavy atom. The normalized spacial score (nSPS) is 10.3. The monoisotopic (exact) mass is 242 g/mol. The summed E-state index contributed by atoms with van der Waals surface area (Å²) >= 11 is 11.6. The molecule has 0 atom stereocenters. The number of rotatable bonds is 1. The van der Waals surface area contributed by atoms with Crippen LogP contribution in [0.25, 0.3) is 11.4 Å². The van der Waals surface area contributed by atoms with Gasteiger partial charge in [-0.15, -0.1) is 0 Å². The number of hydrogen-bond acceptors (Lipinski definition) is 2. The molecule has 5 heteroatoms. The Bertz CT molecular complexity index is 485. The van der Waals surface area contributed by atoms with Gasteiger partial charge < -0.3 is 0 Å². The molecule has 15 heavy (non-hydrogen) atoms. The van der Waals surface area contributed by atoms with Gasteiger partial charge in [-0.1, -0.05) is 23.2 Å². The second-order valence-corrected chi connectivity index (χ2v) is 3.67. The Balaban J connectivity index is 2.45. The molecule has 0 aliphatic carbocycles. The lowest BCUT2D eigenvalue weighted by Crippen LogP contribution is -1.89. The maximum Gasteiger partial charge on any atom is 0.159 e. The average Bonchev–Trinajstić information content (AvgIpc) is 2.23. The molecule has 0 N–H and O–H groups in total. The molecule has 0 aliphatic rings. The molecular formula is C10H5Cl2FN2. The van der Waals surface area contributed by atoms with Gasteiger partial charge >= 0.3 is 0 Å². The van der Waals surface area contributed by atoms with E-state index in [4.69, 9.17) is 23.2 Å². The zero-order valence-electron chi connectivity index (χ0n) is 7.42. The lowest BCUT2D eigenvalue weighted by molar-refractivity contribution is 0.614. The van der Waals surface area contributed by atoms with E-state index in [0.29, 0.717) is 21.4 Å². The van der Waals surface area contributed by atoms with Gasteiger partial charge in [0, 0.05) is 5.56 Å². The van der Waals surface area contributed by atoms with Crippen molar-refractivity contribution in [3.8, 4) is 11.4 Å². The minimum Gasteiger partial charge on any atom is -0.233 e. The zero-order chi connectivity index (χ0) is 10.8. The second kappa shape index (κ2) is 4.13. The fourth-order valence-electron chi connectivity index (χ4n) is 1.10. The summed E-state index contributed by atoms with van der Waals surface area (Å²) in [5, 5.41) is 0.879. The van der Waals surface area contributed by atoms with Crippen molar-refractivity contribution in [3.05, 3.63) is 46.5 Å². The highest BCUT2D eigenvalue weighted by Gasteiger charge is 2.04. The third kappa shape index (κ3) is 2.25. The van der Waals surface area contributed by atoms with Crippen LogP contribution in [0, 0.1) is 5.82 Å². The Kier molecular flexibility index (Phi) is 2.84. The van der Waals surface area contributed by atoms with Crippen LogP contribution in [-0.4, -0.2) is 9.97 Å². The van der Waals surface area contributed by atoms with Gasteiger partial charge in [0.1, 0.15) is 0 Å². The van der Waals surface area contributed by atoms with E-state index in [0.717, 1.165) is 12.4 Å². The fourth-order valence-corrected chi connectivity index (χ4v) is 1.39. The smallest absolute Gasteiger partial charge is 0.159 e. The molecule has 2 nitrogen and oxygen atoms in total. The van der Waals surface area contributed by atoms with Crippen LogP contribution in [0.2, 0.25) is 10.0 Å². The molecule has 0 unspecified atom stereocenters. The topological polar surface area (TPSA) is 25.8 Å². The number of aromatic nitrogens is 2. The van der Waals surface area contributed by atoms with E-state index in [1.807, 2.05) is 0 Å². The first-order chi connectivity index (χ1) is 7.16. The van der Waals surface area contributed by atoms with Crippen molar-refractivity contribution in [2.75, 3.05) is 0 Å². The maximum absolute atomic E-state index is 12.6. The van der Waals surface area contributed by atoms with Gasteiger partial charge in [-0.05, 0) is 18.2 Å². The van der Waals surface area contributed by atoms with E-state index in [-0.39, 0.29) is 0 Å². The van der Waals surface area contributed by atoms with Crippen LogP contribution in [0.15, 0.2) is 30.6 Å². The molecule has 0 radical (unpaired) electrons. The summed E-state index contributed by atoms with van der Waals surface area (Å²) in [6.45, 7) is 0. The van der Waals surface area contributed by atoms with Crippen LogP contribution in [0.4, 0.5) is 4.39 Å². The molecule has 0 amide bonds. The highest BCUT2D eigenvalue weighted by molar-refractivity contribution is 6.42. The lowest BCUT2D eigenvalue weighted by atomic mass is 10.2. The Morgan fingerprint density at radius 3 is 2.27 bits per heavy atom. The van der Waals surface area contributed by atoms with Crippen LogP contribution < -0.4 is 0 Å². The van der Waals surface area contributed by atoms with Gasteiger partial charge in [0.05, 0.1) is 22.4 Å². The standard InChI is InChI=1S/C10H5Cl2FN2/c11-8-2-1-6(3-9(8)12)10-14-4-7(13)5-15-10/h1-5H. The molecule has 0 bridgehead atoms. The summed E-state index contributed by atoms with van der Waals surface area (Å²) in [6, 6.07) is 5.00. The summed E-state index contributed by atoms with van der Waals surface area (Å²) < 4.78 is 12.6. The van der Waals surface area contributed by atoms with Crippen molar-refractivity contribution in [3.63, 3.8) is 0 Å². The van der Waals surface area contributed by atoms with Gasteiger partial charge in [-0.3, -0.25) is 0 Å². The lowest BCUT2D eigenvalue weighted by Gasteiger charge is -2.01. The zero-order valence-corrected chi connectivity index (χ0v) is 8.93.